The van der Waals surface area contributed by atoms with E-state index in [0.29, 0.717) is 33.7 Å². The third-order valence-electron chi connectivity index (χ3n) is 2.81. The van der Waals surface area contributed by atoms with Gasteiger partial charge in [-0.25, -0.2) is 0 Å². The minimum atomic E-state index is -0.178. The molecule has 0 bridgehead atoms. The Balaban J connectivity index is 2.52. The Bertz CT molecular complexity index is 622. The second-order valence-corrected chi connectivity index (χ2v) is 4.79. The molecule has 0 spiro atoms. The SMILES string of the molecule is CCn1ncc(Br)c1C(=O)c1cc(OC)ccc1N. The standard InChI is InChI=1S/C13H14BrN3O2/c1-3-17-12(10(14)7-16-17)13(18)9-6-8(19-2)4-5-11(9)15/h4-7H,3,15H2,1-2H3. The first-order valence-corrected chi connectivity index (χ1v) is 6.57. The van der Waals surface area contributed by atoms with Gasteiger partial charge in [-0.05, 0) is 41.1 Å². The van der Waals surface area contributed by atoms with Crippen LogP contribution in [0.4, 0.5) is 5.69 Å². The number of hydrogen-bond acceptors (Lipinski definition) is 4. The number of methoxy groups -OCH3 is 1. The highest BCUT2D eigenvalue weighted by atomic mass is 79.9. The molecule has 0 aliphatic heterocycles. The van der Waals surface area contributed by atoms with Crippen molar-refractivity contribution in [3.05, 3.63) is 40.1 Å². The lowest BCUT2D eigenvalue weighted by molar-refractivity contribution is 0.102. The zero-order valence-corrected chi connectivity index (χ0v) is 12.3. The average molecular weight is 324 g/mol. The van der Waals surface area contributed by atoms with Crippen molar-refractivity contribution in [1.82, 2.24) is 9.78 Å². The molecule has 1 heterocycles. The smallest absolute Gasteiger partial charge is 0.214 e. The molecule has 0 saturated carbocycles. The molecule has 6 heteroatoms. The number of carbonyl (C=O) groups is 1. The van der Waals surface area contributed by atoms with E-state index in [-0.39, 0.29) is 5.78 Å². The lowest BCUT2D eigenvalue weighted by Crippen LogP contribution is -2.13. The predicted octanol–water partition coefficient (Wildman–Crippen LogP) is 2.49. The second-order valence-electron chi connectivity index (χ2n) is 3.94. The van der Waals surface area contributed by atoms with Gasteiger partial charge < -0.3 is 10.5 Å². The van der Waals surface area contributed by atoms with Crippen LogP contribution in [0.25, 0.3) is 0 Å². The molecule has 1 aromatic heterocycles. The molecule has 0 amide bonds. The Morgan fingerprint density at radius 3 is 2.89 bits per heavy atom. The molecule has 1 aromatic carbocycles. The summed E-state index contributed by atoms with van der Waals surface area (Å²) in [5.41, 5.74) is 7.19. The maximum Gasteiger partial charge on any atom is 0.214 e. The molecule has 2 aromatic rings. The van der Waals surface area contributed by atoms with E-state index in [4.69, 9.17) is 10.5 Å². The van der Waals surface area contributed by atoms with Gasteiger partial charge in [0.15, 0.2) is 0 Å². The molecule has 0 radical (unpaired) electrons. The average Bonchev–Trinajstić information content (AvgIpc) is 2.79. The number of ether oxygens (including phenoxy) is 1. The minimum Gasteiger partial charge on any atom is -0.497 e. The minimum absolute atomic E-state index is 0.178. The summed E-state index contributed by atoms with van der Waals surface area (Å²) in [6.45, 7) is 2.53. The molecule has 2 N–H and O–H groups in total. The van der Waals surface area contributed by atoms with Gasteiger partial charge in [-0.3, -0.25) is 9.48 Å². The van der Waals surface area contributed by atoms with E-state index in [1.807, 2.05) is 6.92 Å². The highest BCUT2D eigenvalue weighted by Crippen LogP contribution is 2.25. The summed E-state index contributed by atoms with van der Waals surface area (Å²) in [5, 5.41) is 4.13. The number of aromatic nitrogens is 2. The Labute approximate surface area is 119 Å². The molecule has 5 nitrogen and oxygen atoms in total. The van der Waals surface area contributed by atoms with Crippen LogP contribution in [0, 0.1) is 0 Å². The highest BCUT2D eigenvalue weighted by molar-refractivity contribution is 9.10. The molecule has 2 rings (SSSR count). The summed E-state index contributed by atoms with van der Waals surface area (Å²) in [7, 11) is 1.55. The fourth-order valence-corrected chi connectivity index (χ4v) is 2.29. The Hall–Kier alpha value is -1.82. The summed E-state index contributed by atoms with van der Waals surface area (Å²) in [6, 6.07) is 5.02. The van der Waals surface area contributed by atoms with Crippen molar-refractivity contribution < 1.29 is 9.53 Å². The number of nitrogens with zero attached hydrogens (tertiary/aromatic N) is 2. The van der Waals surface area contributed by atoms with Crippen LogP contribution in [-0.2, 0) is 6.54 Å². The van der Waals surface area contributed by atoms with Gasteiger partial charge in [-0.15, -0.1) is 0 Å². The zero-order chi connectivity index (χ0) is 14.0. The predicted molar refractivity (Wildman–Crippen MR) is 76.4 cm³/mol. The first kappa shape index (κ1) is 13.6. The van der Waals surface area contributed by atoms with E-state index in [0.717, 1.165) is 0 Å². The number of carbonyl (C=O) groups excluding carboxylic acids is 1. The Kier molecular flexibility index (Phi) is 3.90. The van der Waals surface area contributed by atoms with E-state index in [1.54, 1.807) is 36.2 Å². The largest absolute Gasteiger partial charge is 0.497 e. The lowest BCUT2D eigenvalue weighted by atomic mass is 10.1. The first-order chi connectivity index (χ1) is 9.08. The zero-order valence-electron chi connectivity index (χ0n) is 10.7. The van der Waals surface area contributed by atoms with Crippen molar-refractivity contribution in [2.45, 2.75) is 13.5 Å². The molecule has 19 heavy (non-hydrogen) atoms. The number of rotatable bonds is 4. The van der Waals surface area contributed by atoms with E-state index >= 15 is 0 Å². The Morgan fingerprint density at radius 2 is 2.26 bits per heavy atom. The monoisotopic (exact) mass is 323 g/mol. The molecule has 0 aliphatic carbocycles. The number of hydrogen-bond donors (Lipinski definition) is 1. The molecule has 0 aliphatic rings. The van der Waals surface area contributed by atoms with E-state index < -0.39 is 0 Å². The molecule has 0 saturated heterocycles. The maximum absolute atomic E-state index is 12.6. The highest BCUT2D eigenvalue weighted by Gasteiger charge is 2.20. The molecule has 100 valence electrons. The number of nitrogen functional groups attached to an aromatic ring is 1. The van der Waals surface area contributed by atoms with E-state index in [9.17, 15) is 4.79 Å². The fourth-order valence-electron chi connectivity index (χ4n) is 1.81. The van der Waals surface area contributed by atoms with Crippen molar-refractivity contribution in [3.8, 4) is 5.75 Å². The van der Waals surface area contributed by atoms with Gasteiger partial charge in [-0.2, -0.15) is 5.10 Å². The molecular weight excluding hydrogens is 310 g/mol. The quantitative estimate of drug-likeness (QED) is 0.693. The number of halogens is 1. The van der Waals surface area contributed by atoms with Crippen LogP contribution in [0.2, 0.25) is 0 Å². The third kappa shape index (κ3) is 2.49. The van der Waals surface area contributed by atoms with Crippen LogP contribution in [0.15, 0.2) is 28.9 Å². The third-order valence-corrected chi connectivity index (χ3v) is 3.39. The number of anilines is 1. The first-order valence-electron chi connectivity index (χ1n) is 5.78. The molecule has 0 unspecified atom stereocenters. The van der Waals surface area contributed by atoms with Gasteiger partial charge in [0.25, 0.3) is 0 Å². The van der Waals surface area contributed by atoms with Crippen molar-refractivity contribution in [2.75, 3.05) is 12.8 Å². The van der Waals surface area contributed by atoms with Crippen LogP contribution in [0.1, 0.15) is 23.0 Å². The van der Waals surface area contributed by atoms with Gasteiger partial charge in [-0.1, -0.05) is 0 Å². The molecule has 0 atom stereocenters. The summed E-state index contributed by atoms with van der Waals surface area (Å²) in [5.74, 6) is 0.416. The number of benzene rings is 1. The number of aryl methyl sites for hydroxylation is 1. The number of ketones is 1. The summed E-state index contributed by atoms with van der Waals surface area (Å²) >= 11 is 3.34. The lowest BCUT2D eigenvalue weighted by Gasteiger charge is -2.09. The van der Waals surface area contributed by atoms with Gasteiger partial charge in [0.05, 0.1) is 23.3 Å². The maximum atomic E-state index is 12.6. The van der Waals surface area contributed by atoms with Gasteiger partial charge in [0, 0.05) is 12.2 Å². The summed E-state index contributed by atoms with van der Waals surface area (Å²) in [6.07, 6.45) is 1.60. The fraction of sp³-hybridized carbons (Fsp3) is 0.231. The van der Waals surface area contributed by atoms with Crippen molar-refractivity contribution >= 4 is 27.4 Å². The van der Waals surface area contributed by atoms with Crippen LogP contribution in [0.5, 0.6) is 5.75 Å². The van der Waals surface area contributed by atoms with Gasteiger partial charge >= 0.3 is 0 Å². The van der Waals surface area contributed by atoms with Crippen LogP contribution >= 0.6 is 15.9 Å². The van der Waals surface area contributed by atoms with Crippen molar-refractivity contribution in [3.63, 3.8) is 0 Å². The topological polar surface area (TPSA) is 70.1 Å². The van der Waals surface area contributed by atoms with Crippen molar-refractivity contribution in [2.24, 2.45) is 0 Å². The molecular formula is C13H14BrN3O2. The van der Waals surface area contributed by atoms with Crippen LogP contribution in [0.3, 0.4) is 0 Å². The van der Waals surface area contributed by atoms with E-state index in [1.165, 1.54) is 0 Å². The van der Waals surface area contributed by atoms with Gasteiger partial charge in [0.1, 0.15) is 11.4 Å². The van der Waals surface area contributed by atoms with E-state index in [2.05, 4.69) is 21.0 Å². The van der Waals surface area contributed by atoms with Crippen molar-refractivity contribution in [1.29, 1.82) is 0 Å². The summed E-state index contributed by atoms with van der Waals surface area (Å²) in [4.78, 5) is 12.6. The normalized spacial score (nSPS) is 10.5. The molecule has 0 fully saturated rings. The van der Waals surface area contributed by atoms with Gasteiger partial charge in [0.2, 0.25) is 5.78 Å². The van der Waals surface area contributed by atoms with Crippen LogP contribution in [-0.4, -0.2) is 22.7 Å². The van der Waals surface area contributed by atoms with Crippen LogP contribution < -0.4 is 10.5 Å². The summed E-state index contributed by atoms with van der Waals surface area (Å²) < 4.78 is 7.41. The second kappa shape index (κ2) is 5.44. The Morgan fingerprint density at radius 1 is 1.53 bits per heavy atom. The number of nitrogens with two attached hydrogens (primary N) is 1.